The number of nitrogens with one attached hydrogen (secondary N) is 1. The Hall–Kier alpha value is -0.0800. The van der Waals surface area contributed by atoms with Crippen molar-refractivity contribution in [2.24, 2.45) is 17.1 Å². The summed E-state index contributed by atoms with van der Waals surface area (Å²) in [7, 11) is 0. The summed E-state index contributed by atoms with van der Waals surface area (Å²) in [5, 5.41) is 3.81. The van der Waals surface area contributed by atoms with Gasteiger partial charge in [0, 0.05) is 12.6 Å². The van der Waals surface area contributed by atoms with Gasteiger partial charge in [-0.1, -0.05) is 32.6 Å². The molecule has 0 amide bonds. The van der Waals surface area contributed by atoms with Crippen LogP contribution in [0.4, 0.5) is 0 Å². The predicted molar refractivity (Wildman–Crippen MR) is 69.4 cm³/mol. The van der Waals surface area contributed by atoms with E-state index in [0.29, 0.717) is 11.5 Å². The third-order valence-electron chi connectivity index (χ3n) is 4.81. The molecule has 94 valence electrons. The zero-order valence-electron chi connectivity index (χ0n) is 10.8. The lowest BCUT2D eigenvalue weighted by Crippen LogP contribution is -2.42. The second kappa shape index (κ2) is 5.50. The van der Waals surface area contributed by atoms with Gasteiger partial charge in [0.1, 0.15) is 0 Å². The van der Waals surface area contributed by atoms with E-state index in [-0.39, 0.29) is 0 Å². The van der Waals surface area contributed by atoms with Gasteiger partial charge < -0.3 is 11.1 Å². The second-order valence-corrected chi connectivity index (χ2v) is 6.29. The molecule has 2 aliphatic rings. The fourth-order valence-electron chi connectivity index (χ4n) is 3.55. The van der Waals surface area contributed by atoms with Gasteiger partial charge in [-0.15, -0.1) is 0 Å². The van der Waals surface area contributed by atoms with E-state index >= 15 is 0 Å². The molecule has 0 aromatic heterocycles. The standard InChI is InChI=1S/C14H28N2/c1-14(8-3-2-4-9-14)11-16-13-7-5-6-12(13)10-15/h12-13,16H,2-11,15H2,1H3. The molecule has 16 heavy (non-hydrogen) atoms. The molecule has 0 spiro atoms. The van der Waals surface area contributed by atoms with Crippen molar-refractivity contribution < 1.29 is 0 Å². The van der Waals surface area contributed by atoms with Crippen LogP contribution in [0, 0.1) is 11.3 Å². The lowest BCUT2D eigenvalue weighted by Gasteiger charge is -2.35. The minimum atomic E-state index is 0.569. The summed E-state index contributed by atoms with van der Waals surface area (Å²) in [6.45, 7) is 4.55. The number of hydrogen-bond donors (Lipinski definition) is 2. The molecule has 0 heterocycles. The van der Waals surface area contributed by atoms with Crippen molar-refractivity contribution in [2.75, 3.05) is 13.1 Å². The summed E-state index contributed by atoms with van der Waals surface area (Å²) >= 11 is 0. The third-order valence-corrected chi connectivity index (χ3v) is 4.81. The fourth-order valence-corrected chi connectivity index (χ4v) is 3.55. The first-order valence-electron chi connectivity index (χ1n) is 7.17. The smallest absolute Gasteiger partial charge is 0.0108 e. The maximum atomic E-state index is 5.83. The Morgan fingerprint density at radius 1 is 1.12 bits per heavy atom. The molecule has 2 fully saturated rings. The molecule has 2 heteroatoms. The van der Waals surface area contributed by atoms with E-state index in [1.165, 1.54) is 57.9 Å². The molecule has 0 bridgehead atoms. The predicted octanol–water partition coefficient (Wildman–Crippen LogP) is 2.67. The quantitative estimate of drug-likeness (QED) is 0.770. The Balaban J connectivity index is 1.77. The molecular weight excluding hydrogens is 196 g/mol. The van der Waals surface area contributed by atoms with Crippen LogP contribution < -0.4 is 11.1 Å². The SMILES string of the molecule is CC1(CNC2CCCC2CN)CCCCC1. The molecule has 0 radical (unpaired) electrons. The van der Waals surface area contributed by atoms with Crippen LogP contribution in [-0.2, 0) is 0 Å². The highest BCUT2D eigenvalue weighted by Gasteiger charge is 2.30. The molecule has 0 aromatic carbocycles. The van der Waals surface area contributed by atoms with Crippen molar-refractivity contribution in [3.63, 3.8) is 0 Å². The van der Waals surface area contributed by atoms with Crippen LogP contribution in [0.5, 0.6) is 0 Å². The van der Waals surface area contributed by atoms with E-state index in [0.717, 1.165) is 12.5 Å². The van der Waals surface area contributed by atoms with Crippen LogP contribution in [0.3, 0.4) is 0 Å². The molecule has 0 saturated heterocycles. The number of hydrogen-bond acceptors (Lipinski definition) is 2. The molecule has 3 N–H and O–H groups in total. The van der Waals surface area contributed by atoms with E-state index in [1.54, 1.807) is 0 Å². The van der Waals surface area contributed by atoms with Gasteiger partial charge >= 0.3 is 0 Å². The molecule has 2 aliphatic carbocycles. The van der Waals surface area contributed by atoms with E-state index in [2.05, 4.69) is 12.2 Å². The van der Waals surface area contributed by atoms with Gasteiger partial charge in [0.15, 0.2) is 0 Å². The monoisotopic (exact) mass is 224 g/mol. The zero-order chi connectivity index (χ0) is 11.4. The Morgan fingerprint density at radius 2 is 1.88 bits per heavy atom. The molecule has 0 aliphatic heterocycles. The largest absolute Gasteiger partial charge is 0.330 e. The van der Waals surface area contributed by atoms with Crippen LogP contribution in [0.2, 0.25) is 0 Å². The zero-order valence-corrected chi connectivity index (χ0v) is 10.8. The first-order valence-corrected chi connectivity index (χ1v) is 7.17. The van der Waals surface area contributed by atoms with E-state index in [9.17, 15) is 0 Å². The maximum Gasteiger partial charge on any atom is 0.0108 e. The Kier molecular flexibility index (Phi) is 4.26. The van der Waals surface area contributed by atoms with Crippen LogP contribution in [-0.4, -0.2) is 19.1 Å². The average molecular weight is 224 g/mol. The van der Waals surface area contributed by atoms with Crippen molar-refractivity contribution in [3.05, 3.63) is 0 Å². The molecule has 2 rings (SSSR count). The van der Waals surface area contributed by atoms with E-state index in [1.807, 2.05) is 0 Å². The molecular formula is C14H28N2. The van der Waals surface area contributed by atoms with Gasteiger partial charge in [-0.05, 0) is 43.6 Å². The van der Waals surface area contributed by atoms with E-state index in [4.69, 9.17) is 5.73 Å². The van der Waals surface area contributed by atoms with Gasteiger partial charge in [0.2, 0.25) is 0 Å². The minimum absolute atomic E-state index is 0.569. The average Bonchev–Trinajstić information content (AvgIpc) is 2.75. The number of nitrogens with two attached hydrogens (primary N) is 1. The lowest BCUT2D eigenvalue weighted by molar-refractivity contribution is 0.194. The van der Waals surface area contributed by atoms with Crippen LogP contribution in [0.25, 0.3) is 0 Å². The van der Waals surface area contributed by atoms with Crippen molar-refractivity contribution in [1.82, 2.24) is 5.32 Å². The van der Waals surface area contributed by atoms with Gasteiger partial charge in [0.05, 0.1) is 0 Å². The minimum Gasteiger partial charge on any atom is -0.330 e. The van der Waals surface area contributed by atoms with E-state index < -0.39 is 0 Å². The summed E-state index contributed by atoms with van der Waals surface area (Å²) in [4.78, 5) is 0. The van der Waals surface area contributed by atoms with Gasteiger partial charge in [0.25, 0.3) is 0 Å². The normalized spacial score (nSPS) is 34.1. The summed E-state index contributed by atoms with van der Waals surface area (Å²) < 4.78 is 0. The summed E-state index contributed by atoms with van der Waals surface area (Å²) in [6, 6.07) is 0.712. The first kappa shape index (κ1) is 12.4. The fraction of sp³-hybridized carbons (Fsp3) is 1.00. The maximum absolute atomic E-state index is 5.83. The lowest BCUT2D eigenvalue weighted by atomic mass is 9.75. The summed E-state index contributed by atoms with van der Waals surface area (Å²) in [6.07, 6.45) is 11.2. The molecule has 2 atom stereocenters. The van der Waals surface area contributed by atoms with Crippen molar-refractivity contribution in [3.8, 4) is 0 Å². The summed E-state index contributed by atoms with van der Waals surface area (Å²) in [5.41, 5.74) is 6.40. The molecule has 2 nitrogen and oxygen atoms in total. The Labute approximate surface area is 100 Å². The van der Waals surface area contributed by atoms with Crippen molar-refractivity contribution >= 4 is 0 Å². The topological polar surface area (TPSA) is 38.0 Å². The molecule has 0 aromatic rings. The third kappa shape index (κ3) is 2.98. The van der Waals surface area contributed by atoms with Crippen LogP contribution >= 0.6 is 0 Å². The van der Waals surface area contributed by atoms with Gasteiger partial charge in [-0.25, -0.2) is 0 Å². The first-order chi connectivity index (χ1) is 7.73. The van der Waals surface area contributed by atoms with Crippen molar-refractivity contribution in [2.45, 2.75) is 64.3 Å². The summed E-state index contributed by atoms with van der Waals surface area (Å²) in [5.74, 6) is 0.743. The Bertz CT molecular complexity index is 209. The highest BCUT2D eigenvalue weighted by atomic mass is 14.9. The molecule has 2 unspecified atom stereocenters. The van der Waals surface area contributed by atoms with Crippen LogP contribution in [0.1, 0.15) is 58.3 Å². The molecule has 2 saturated carbocycles. The van der Waals surface area contributed by atoms with Crippen LogP contribution in [0.15, 0.2) is 0 Å². The highest BCUT2D eigenvalue weighted by molar-refractivity contribution is 4.87. The second-order valence-electron chi connectivity index (χ2n) is 6.29. The van der Waals surface area contributed by atoms with Crippen molar-refractivity contribution in [1.29, 1.82) is 0 Å². The van der Waals surface area contributed by atoms with Gasteiger partial charge in [-0.2, -0.15) is 0 Å². The highest BCUT2D eigenvalue weighted by Crippen LogP contribution is 2.35. The van der Waals surface area contributed by atoms with Gasteiger partial charge in [-0.3, -0.25) is 0 Å². The Morgan fingerprint density at radius 3 is 2.56 bits per heavy atom. The number of rotatable bonds is 4.